The fourth-order valence-corrected chi connectivity index (χ4v) is 2.17. The lowest BCUT2D eigenvalue weighted by atomic mass is 10.1. The lowest BCUT2D eigenvalue weighted by Crippen LogP contribution is -2.06. The average molecular weight is 314 g/mol. The van der Waals surface area contributed by atoms with E-state index in [0.29, 0.717) is 21.8 Å². The van der Waals surface area contributed by atoms with Crippen LogP contribution in [0, 0.1) is 12.7 Å². The second-order valence-electron chi connectivity index (χ2n) is 4.10. The number of benzene rings is 1. The van der Waals surface area contributed by atoms with Crippen molar-refractivity contribution in [1.82, 2.24) is 4.98 Å². The molecule has 0 radical (unpaired) electrons. The van der Waals surface area contributed by atoms with Crippen molar-refractivity contribution in [3.8, 4) is 11.3 Å². The fraction of sp³-hybridized carbons (Fsp3) is 0.143. The minimum atomic E-state index is -0.666. The van der Waals surface area contributed by atoms with E-state index in [1.165, 1.54) is 25.3 Å². The Labute approximate surface area is 125 Å². The van der Waals surface area contributed by atoms with Gasteiger partial charge in [-0.25, -0.2) is 14.2 Å². The molecule has 0 aliphatic carbocycles. The molecule has 0 aliphatic heterocycles. The Morgan fingerprint density at radius 2 is 1.95 bits per heavy atom. The van der Waals surface area contributed by atoms with E-state index in [1.54, 1.807) is 13.0 Å². The Kier molecular flexibility index (Phi) is 4.26. The Hall–Kier alpha value is -1.65. The summed E-state index contributed by atoms with van der Waals surface area (Å²) in [7, 11) is 1.23. The topological polar surface area (TPSA) is 39.2 Å². The predicted octanol–water partition coefficient (Wildman–Crippen LogP) is 4.29. The fourth-order valence-electron chi connectivity index (χ4n) is 1.67. The van der Waals surface area contributed by atoms with Crippen molar-refractivity contribution in [1.29, 1.82) is 0 Å². The highest BCUT2D eigenvalue weighted by molar-refractivity contribution is 6.34. The molecule has 0 atom stereocenters. The van der Waals surface area contributed by atoms with E-state index < -0.39 is 11.8 Å². The summed E-state index contributed by atoms with van der Waals surface area (Å²) in [5, 5.41) is 0.499. The van der Waals surface area contributed by atoms with Gasteiger partial charge in [0.2, 0.25) is 0 Å². The van der Waals surface area contributed by atoms with Crippen LogP contribution in [0.1, 0.15) is 16.1 Å². The van der Waals surface area contributed by atoms with Crippen molar-refractivity contribution in [3.63, 3.8) is 0 Å². The molecule has 3 nitrogen and oxygen atoms in total. The molecule has 0 unspecified atom stereocenters. The van der Waals surface area contributed by atoms with Crippen LogP contribution in [0.4, 0.5) is 4.39 Å². The quantitative estimate of drug-likeness (QED) is 0.776. The van der Waals surface area contributed by atoms with E-state index in [1.807, 2.05) is 0 Å². The Balaban J connectivity index is 2.59. The van der Waals surface area contributed by atoms with Gasteiger partial charge in [-0.15, -0.1) is 0 Å². The molecule has 0 N–H and O–H groups in total. The van der Waals surface area contributed by atoms with Crippen LogP contribution in [0.3, 0.4) is 0 Å². The molecule has 1 heterocycles. The number of rotatable bonds is 2. The minimum Gasteiger partial charge on any atom is -0.464 e. The van der Waals surface area contributed by atoms with E-state index in [4.69, 9.17) is 23.2 Å². The number of nitrogens with zero attached hydrogens (tertiary/aromatic N) is 1. The third-order valence-corrected chi connectivity index (χ3v) is 3.37. The monoisotopic (exact) mass is 313 g/mol. The van der Waals surface area contributed by atoms with Gasteiger partial charge in [-0.3, -0.25) is 0 Å². The van der Waals surface area contributed by atoms with Crippen molar-refractivity contribution in [2.24, 2.45) is 0 Å². The number of aromatic nitrogens is 1. The lowest BCUT2D eigenvalue weighted by molar-refractivity contribution is 0.0594. The lowest BCUT2D eigenvalue weighted by Gasteiger charge is -2.08. The molecule has 0 aliphatic rings. The first-order valence-electron chi connectivity index (χ1n) is 5.65. The van der Waals surface area contributed by atoms with E-state index in [9.17, 15) is 9.18 Å². The number of ether oxygens (including phenoxy) is 1. The third-order valence-electron chi connectivity index (χ3n) is 2.75. The zero-order chi connectivity index (χ0) is 14.9. The van der Waals surface area contributed by atoms with Gasteiger partial charge in [0, 0.05) is 5.56 Å². The van der Waals surface area contributed by atoms with Crippen LogP contribution in [0.2, 0.25) is 10.0 Å². The van der Waals surface area contributed by atoms with Crippen LogP contribution in [0.5, 0.6) is 0 Å². The van der Waals surface area contributed by atoms with Crippen LogP contribution >= 0.6 is 23.2 Å². The van der Waals surface area contributed by atoms with Crippen LogP contribution in [0.15, 0.2) is 24.3 Å². The van der Waals surface area contributed by atoms with E-state index >= 15 is 0 Å². The highest BCUT2D eigenvalue weighted by Gasteiger charge is 2.16. The highest BCUT2D eigenvalue weighted by Crippen LogP contribution is 2.30. The molecular weight excluding hydrogens is 304 g/mol. The normalized spacial score (nSPS) is 10.4. The molecule has 0 saturated heterocycles. The van der Waals surface area contributed by atoms with Gasteiger partial charge in [0.25, 0.3) is 0 Å². The maximum Gasteiger partial charge on any atom is 0.358 e. The van der Waals surface area contributed by atoms with Gasteiger partial charge in [0.05, 0.1) is 22.8 Å². The van der Waals surface area contributed by atoms with Crippen LogP contribution in [-0.4, -0.2) is 18.1 Å². The largest absolute Gasteiger partial charge is 0.464 e. The maximum absolute atomic E-state index is 13.6. The van der Waals surface area contributed by atoms with Gasteiger partial charge in [-0.05, 0) is 36.8 Å². The van der Waals surface area contributed by atoms with Crippen LogP contribution < -0.4 is 0 Å². The number of hydrogen-bond acceptors (Lipinski definition) is 3. The molecule has 0 spiro atoms. The zero-order valence-electron chi connectivity index (χ0n) is 10.7. The summed E-state index contributed by atoms with van der Waals surface area (Å²) in [4.78, 5) is 15.6. The molecule has 2 aromatic rings. The summed E-state index contributed by atoms with van der Waals surface area (Å²) in [6.07, 6.45) is 0. The molecule has 1 aromatic heterocycles. The number of hydrogen-bond donors (Lipinski definition) is 0. The molecule has 0 saturated carbocycles. The first-order chi connectivity index (χ1) is 9.43. The molecule has 0 amide bonds. The standard InChI is InChI=1S/C14H10Cl2FNO2/c1-7-5-10(16)8(6-11(7)17)12-4-3-9(15)13(18-12)14(19)20-2/h3-6H,1-2H3. The average Bonchev–Trinajstić information content (AvgIpc) is 2.43. The minimum absolute atomic E-state index is 0.0382. The number of esters is 1. The second-order valence-corrected chi connectivity index (χ2v) is 4.91. The molecule has 6 heteroatoms. The van der Waals surface area contributed by atoms with Gasteiger partial charge in [-0.2, -0.15) is 0 Å². The SMILES string of the molecule is COC(=O)c1nc(-c2cc(F)c(C)cc2Cl)ccc1Cl. The maximum atomic E-state index is 13.6. The number of halogens is 3. The van der Waals surface area contributed by atoms with Crippen LogP contribution in [-0.2, 0) is 4.74 Å². The van der Waals surface area contributed by atoms with Crippen molar-refractivity contribution >= 4 is 29.2 Å². The molecule has 2 rings (SSSR count). The van der Waals surface area contributed by atoms with E-state index in [0.717, 1.165) is 0 Å². The molecule has 0 bridgehead atoms. The molecule has 104 valence electrons. The summed E-state index contributed by atoms with van der Waals surface area (Å²) < 4.78 is 18.2. The number of aryl methyl sites for hydroxylation is 1. The number of carbonyl (C=O) groups excluding carboxylic acids is 1. The van der Waals surface area contributed by atoms with Gasteiger partial charge in [0.15, 0.2) is 5.69 Å². The number of carbonyl (C=O) groups is 1. The van der Waals surface area contributed by atoms with Gasteiger partial charge in [-0.1, -0.05) is 23.2 Å². The smallest absolute Gasteiger partial charge is 0.358 e. The number of methoxy groups -OCH3 is 1. The summed E-state index contributed by atoms with van der Waals surface area (Å²) in [5.41, 5.74) is 1.12. The van der Waals surface area contributed by atoms with Gasteiger partial charge >= 0.3 is 5.97 Å². The van der Waals surface area contributed by atoms with Gasteiger partial charge in [0.1, 0.15) is 5.82 Å². The number of pyridine rings is 1. The predicted molar refractivity (Wildman–Crippen MR) is 75.7 cm³/mol. The Morgan fingerprint density at radius 1 is 1.25 bits per heavy atom. The highest BCUT2D eigenvalue weighted by atomic mass is 35.5. The summed E-state index contributed by atoms with van der Waals surface area (Å²) in [5.74, 6) is -1.07. The first-order valence-corrected chi connectivity index (χ1v) is 6.40. The first kappa shape index (κ1) is 14.8. The molecule has 1 aromatic carbocycles. The second kappa shape index (κ2) is 5.77. The third kappa shape index (κ3) is 2.76. The Bertz CT molecular complexity index is 689. The van der Waals surface area contributed by atoms with Gasteiger partial charge < -0.3 is 4.74 Å². The van der Waals surface area contributed by atoms with E-state index in [2.05, 4.69) is 9.72 Å². The Morgan fingerprint density at radius 3 is 2.60 bits per heavy atom. The molecular formula is C14H10Cl2FNO2. The van der Waals surface area contributed by atoms with Crippen molar-refractivity contribution in [2.75, 3.05) is 7.11 Å². The van der Waals surface area contributed by atoms with Crippen LogP contribution in [0.25, 0.3) is 11.3 Å². The summed E-state index contributed by atoms with van der Waals surface area (Å²) in [6.45, 7) is 1.61. The van der Waals surface area contributed by atoms with E-state index in [-0.39, 0.29) is 10.7 Å². The molecule has 0 fully saturated rings. The van der Waals surface area contributed by atoms with Crippen molar-refractivity contribution in [3.05, 3.63) is 51.4 Å². The zero-order valence-corrected chi connectivity index (χ0v) is 12.2. The summed E-state index contributed by atoms with van der Waals surface area (Å²) in [6, 6.07) is 5.82. The van der Waals surface area contributed by atoms with Crippen molar-refractivity contribution in [2.45, 2.75) is 6.92 Å². The molecule has 20 heavy (non-hydrogen) atoms. The summed E-state index contributed by atoms with van der Waals surface area (Å²) >= 11 is 12.0. The van der Waals surface area contributed by atoms with Crippen molar-refractivity contribution < 1.29 is 13.9 Å².